The molecule has 3 rings (SSSR count). The van der Waals surface area contributed by atoms with Crippen LogP contribution >= 0.6 is 11.8 Å². The maximum Gasteiger partial charge on any atom is 0.152 e. The third-order valence-electron chi connectivity index (χ3n) is 2.86. The van der Waals surface area contributed by atoms with E-state index >= 15 is 0 Å². The van der Waals surface area contributed by atoms with E-state index in [1.807, 2.05) is 11.8 Å². The van der Waals surface area contributed by atoms with Gasteiger partial charge in [0.1, 0.15) is 5.37 Å². The van der Waals surface area contributed by atoms with Crippen molar-refractivity contribution < 1.29 is 0 Å². The molecule has 0 aliphatic carbocycles. The molecule has 0 radical (unpaired) electrons. The third-order valence-corrected chi connectivity index (χ3v) is 3.92. The molecule has 2 aliphatic heterocycles. The molecule has 2 unspecified atom stereocenters. The van der Waals surface area contributed by atoms with Gasteiger partial charge in [0, 0.05) is 7.05 Å². The summed E-state index contributed by atoms with van der Waals surface area (Å²) in [6.07, 6.45) is 0.241. The Labute approximate surface area is 93.6 Å². The molecule has 0 fully saturated rings. The standard InChI is InChI=1S/C11H13N3S/c1-7-12-10-11(15-7)13-8-5-3-4-6-9(8)14(10)2/h3-6,10-11,13H,1-2H3. The van der Waals surface area contributed by atoms with Crippen LogP contribution in [0, 0.1) is 0 Å². The topological polar surface area (TPSA) is 27.6 Å². The first-order valence-electron chi connectivity index (χ1n) is 5.05. The lowest BCUT2D eigenvalue weighted by Gasteiger charge is -2.36. The van der Waals surface area contributed by atoms with E-state index in [0.717, 1.165) is 5.04 Å². The summed E-state index contributed by atoms with van der Waals surface area (Å²) in [4.78, 5) is 6.88. The number of likely N-dealkylation sites (N-methyl/N-ethyl adjacent to an activating group) is 1. The Morgan fingerprint density at radius 3 is 3.07 bits per heavy atom. The quantitative estimate of drug-likeness (QED) is 0.726. The van der Waals surface area contributed by atoms with Gasteiger partial charge in [-0.15, -0.1) is 0 Å². The summed E-state index contributed by atoms with van der Waals surface area (Å²) in [6, 6.07) is 8.38. The van der Waals surface area contributed by atoms with Crippen LogP contribution in [0.4, 0.5) is 11.4 Å². The highest BCUT2D eigenvalue weighted by Crippen LogP contribution is 2.39. The second-order valence-corrected chi connectivity index (χ2v) is 5.21. The molecule has 0 amide bonds. The maximum absolute atomic E-state index is 4.63. The molecule has 1 N–H and O–H groups in total. The molecule has 3 nitrogen and oxygen atoms in total. The zero-order valence-corrected chi connectivity index (χ0v) is 9.58. The fraction of sp³-hybridized carbons (Fsp3) is 0.364. The van der Waals surface area contributed by atoms with Crippen LogP contribution < -0.4 is 10.2 Å². The van der Waals surface area contributed by atoms with Crippen molar-refractivity contribution in [2.24, 2.45) is 4.99 Å². The van der Waals surface area contributed by atoms with E-state index in [1.165, 1.54) is 11.4 Å². The van der Waals surface area contributed by atoms with Crippen LogP contribution in [-0.4, -0.2) is 23.6 Å². The highest BCUT2D eigenvalue weighted by Gasteiger charge is 2.36. The fourth-order valence-electron chi connectivity index (χ4n) is 2.12. The Morgan fingerprint density at radius 1 is 1.40 bits per heavy atom. The zero-order chi connectivity index (χ0) is 10.4. The van der Waals surface area contributed by atoms with Gasteiger partial charge in [-0.25, -0.2) is 0 Å². The molecule has 0 saturated heterocycles. The number of nitrogens with one attached hydrogen (secondary N) is 1. The summed E-state index contributed by atoms with van der Waals surface area (Å²) < 4.78 is 0. The average Bonchev–Trinajstić information content (AvgIpc) is 2.59. The van der Waals surface area contributed by atoms with Gasteiger partial charge in [-0.3, -0.25) is 4.99 Å². The normalized spacial score (nSPS) is 27.9. The van der Waals surface area contributed by atoms with Crippen molar-refractivity contribution in [3.63, 3.8) is 0 Å². The van der Waals surface area contributed by atoms with Crippen LogP contribution in [0.1, 0.15) is 6.92 Å². The highest BCUT2D eigenvalue weighted by molar-refractivity contribution is 8.14. The molecule has 1 aromatic rings. The number of para-hydroxylation sites is 2. The number of benzene rings is 1. The Bertz CT molecular complexity index is 430. The van der Waals surface area contributed by atoms with Crippen LogP contribution in [0.5, 0.6) is 0 Å². The number of anilines is 2. The summed E-state index contributed by atoms with van der Waals surface area (Å²) in [7, 11) is 2.11. The van der Waals surface area contributed by atoms with Gasteiger partial charge >= 0.3 is 0 Å². The smallest absolute Gasteiger partial charge is 0.152 e. The van der Waals surface area contributed by atoms with E-state index in [9.17, 15) is 0 Å². The van der Waals surface area contributed by atoms with Crippen LogP contribution in [0.3, 0.4) is 0 Å². The Kier molecular flexibility index (Phi) is 1.92. The average molecular weight is 219 g/mol. The molecule has 0 bridgehead atoms. The van der Waals surface area contributed by atoms with Gasteiger partial charge in [-0.1, -0.05) is 23.9 Å². The number of rotatable bonds is 0. The minimum Gasteiger partial charge on any atom is -0.368 e. The van der Waals surface area contributed by atoms with Crippen LogP contribution in [-0.2, 0) is 0 Å². The first-order valence-corrected chi connectivity index (χ1v) is 5.93. The minimum absolute atomic E-state index is 0.241. The van der Waals surface area contributed by atoms with E-state index in [1.54, 1.807) is 0 Å². The van der Waals surface area contributed by atoms with Crippen LogP contribution in [0.15, 0.2) is 29.3 Å². The first-order chi connectivity index (χ1) is 7.25. The number of nitrogens with zero attached hydrogens (tertiary/aromatic N) is 2. The predicted molar refractivity (Wildman–Crippen MR) is 66.7 cm³/mol. The van der Waals surface area contributed by atoms with Gasteiger partial charge in [0.05, 0.1) is 16.4 Å². The number of hydrogen-bond donors (Lipinski definition) is 1. The maximum atomic E-state index is 4.63. The van der Waals surface area contributed by atoms with Gasteiger partial charge in [-0.05, 0) is 19.1 Å². The van der Waals surface area contributed by atoms with E-state index < -0.39 is 0 Å². The zero-order valence-electron chi connectivity index (χ0n) is 8.77. The van der Waals surface area contributed by atoms with Gasteiger partial charge in [-0.2, -0.15) is 0 Å². The van der Waals surface area contributed by atoms with Crippen molar-refractivity contribution in [3.8, 4) is 0 Å². The molecule has 2 aliphatic rings. The van der Waals surface area contributed by atoms with Crippen LogP contribution in [0.25, 0.3) is 0 Å². The molecule has 2 heterocycles. The Hall–Kier alpha value is -1.16. The van der Waals surface area contributed by atoms with Crippen molar-refractivity contribution in [3.05, 3.63) is 24.3 Å². The molecule has 4 heteroatoms. The van der Waals surface area contributed by atoms with Gasteiger partial charge in [0.15, 0.2) is 6.17 Å². The van der Waals surface area contributed by atoms with Gasteiger partial charge in [0.2, 0.25) is 0 Å². The highest BCUT2D eigenvalue weighted by atomic mass is 32.2. The molecule has 0 spiro atoms. The molecule has 1 aromatic carbocycles. The van der Waals surface area contributed by atoms with E-state index in [2.05, 4.69) is 53.4 Å². The van der Waals surface area contributed by atoms with Crippen molar-refractivity contribution in [2.75, 3.05) is 17.3 Å². The van der Waals surface area contributed by atoms with E-state index in [-0.39, 0.29) is 6.17 Å². The second kappa shape index (κ2) is 3.17. The van der Waals surface area contributed by atoms with Crippen LogP contribution in [0.2, 0.25) is 0 Å². The molecule has 0 saturated carbocycles. The minimum atomic E-state index is 0.241. The molecule has 78 valence electrons. The number of thioether (sulfide) groups is 1. The molecule has 0 aromatic heterocycles. The summed E-state index contributed by atoms with van der Waals surface area (Å²) >= 11 is 1.81. The third kappa shape index (κ3) is 1.32. The predicted octanol–water partition coefficient (Wildman–Crippen LogP) is 2.37. The summed E-state index contributed by atoms with van der Waals surface area (Å²) in [5, 5.41) is 5.06. The molecular weight excluding hydrogens is 206 g/mol. The monoisotopic (exact) mass is 219 g/mol. The summed E-state index contributed by atoms with van der Waals surface area (Å²) in [5.41, 5.74) is 2.44. The van der Waals surface area contributed by atoms with Crippen molar-refractivity contribution in [2.45, 2.75) is 18.5 Å². The largest absolute Gasteiger partial charge is 0.368 e. The van der Waals surface area contributed by atoms with Gasteiger partial charge in [0.25, 0.3) is 0 Å². The fourth-order valence-corrected chi connectivity index (χ4v) is 3.21. The summed E-state index contributed by atoms with van der Waals surface area (Å²) in [5.74, 6) is 0. The van der Waals surface area contributed by atoms with Gasteiger partial charge < -0.3 is 10.2 Å². The molecule has 15 heavy (non-hydrogen) atoms. The lowest BCUT2D eigenvalue weighted by molar-refractivity contribution is 0.654. The van der Waals surface area contributed by atoms with Crippen molar-refractivity contribution in [1.82, 2.24) is 0 Å². The van der Waals surface area contributed by atoms with Crippen molar-refractivity contribution in [1.29, 1.82) is 0 Å². The second-order valence-electron chi connectivity index (χ2n) is 3.87. The lowest BCUT2D eigenvalue weighted by atomic mass is 10.2. The van der Waals surface area contributed by atoms with E-state index in [0.29, 0.717) is 5.37 Å². The first kappa shape index (κ1) is 9.09. The van der Waals surface area contributed by atoms with E-state index in [4.69, 9.17) is 0 Å². The number of hydrogen-bond acceptors (Lipinski definition) is 4. The Balaban J connectivity index is 2.04. The molecular formula is C11H13N3S. The van der Waals surface area contributed by atoms with Crippen molar-refractivity contribution >= 4 is 28.2 Å². The SMILES string of the molecule is CC1=NC2C(Nc3ccccc3N2C)S1. The lowest BCUT2D eigenvalue weighted by Crippen LogP contribution is -2.44. The number of aliphatic imine (C=N–C) groups is 1. The number of fused-ring (bicyclic) bond motifs is 2. The Morgan fingerprint density at radius 2 is 2.20 bits per heavy atom. The summed E-state index contributed by atoms with van der Waals surface area (Å²) in [6.45, 7) is 2.07. The molecule has 2 atom stereocenters.